The maximum absolute atomic E-state index is 9.20. The van der Waals surface area contributed by atoms with Crippen LogP contribution in [-0.4, -0.2) is 0 Å². The van der Waals surface area contributed by atoms with Gasteiger partial charge in [0.1, 0.15) is 0 Å². The molecule has 0 saturated carbocycles. The first-order valence-corrected chi connectivity index (χ1v) is 6.85. The van der Waals surface area contributed by atoms with E-state index >= 15 is 0 Å². The van der Waals surface area contributed by atoms with Crippen LogP contribution in [0.1, 0.15) is 54.4 Å². The monoisotopic (exact) mass is 245 g/mol. The molecule has 1 aliphatic carbocycles. The molecule has 0 bridgehead atoms. The second kappa shape index (κ2) is 7.93. The minimum absolute atomic E-state index is 0.0613. The molecule has 0 radical (unpaired) electrons. The minimum atomic E-state index is 0.0613. The third-order valence-electron chi connectivity index (χ3n) is 3.13. The topological polar surface area (TPSA) is 23.8 Å². The highest BCUT2D eigenvalue weighted by Crippen LogP contribution is 2.39. The third kappa shape index (κ3) is 4.53. The molecule has 0 aromatic carbocycles. The average Bonchev–Trinajstić information content (AvgIpc) is 2.29. The molecule has 100 valence electrons. The first-order chi connectivity index (χ1) is 8.44. The van der Waals surface area contributed by atoms with E-state index in [9.17, 15) is 5.26 Å². The van der Waals surface area contributed by atoms with Crippen LogP contribution in [0.5, 0.6) is 0 Å². The Hall–Kier alpha value is -1.29. The molecule has 0 aliphatic heterocycles. The highest BCUT2D eigenvalue weighted by atomic mass is 14.4. The standard InChI is InChI=1S/C14H19N.C3H8/c1-5-9-14(3,4)13-8-6-7-11(2)12(13)10-15;1-3-2/h5-7,9,13H,8H2,1-4H3;3H2,1-2H3. The molecule has 0 fully saturated rings. The lowest BCUT2D eigenvalue weighted by atomic mass is 9.70. The van der Waals surface area contributed by atoms with Crippen LogP contribution in [-0.2, 0) is 0 Å². The molecule has 1 unspecified atom stereocenters. The lowest BCUT2D eigenvalue weighted by Crippen LogP contribution is -2.24. The maximum Gasteiger partial charge on any atom is 0.0953 e. The second-order valence-electron chi connectivity index (χ2n) is 5.43. The molecule has 0 saturated heterocycles. The van der Waals surface area contributed by atoms with Gasteiger partial charge in [0, 0.05) is 11.5 Å². The normalized spacial score (nSPS) is 19.5. The molecule has 0 N–H and O–H groups in total. The molecule has 0 aromatic rings. The van der Waals surface area contributed by atoms with Crippen LogP contribution in [0.15, 0.2) is 35.5 Å². The maximum atomic E-state index is 9.20. The summed E-state index contributed by atoms with van der Waals surface area (Å²) in [5.41, 5.74) is 2.12. The summed E-state index contributed by atoms with van der Waals surface area (Å²) >= 11 is 0. The molecule has 0 spiro atoms. The van der Waals surface area contributed by atoms with Crippen molar-refractivity contribution in [1.29, 1.82) is 5.26 Å². The minimum Gasteiger partial charge on any atom is -0.193 e. The Balaban J connectivity index is 0.000000873. The summed E-state index contributed by atoms with van der Waals surface area (Å²) in [5.74, 6) is 0.323. The Bertz CT molecular complexity index is 375. The fourth-order valence-corrected chi connectivity index (χ4v) is 2.25. The van der Waals surface area contributed by atoms with Gasteiger partial charge in [-0.25, -0.2) is 0 Å². The summed E-state index contributed by atoms with van der Waals surface area (Å²) in [6.07, 6.45) is 10.7. The number of hydrogen-bond acceptors (Lipinski definition) is 1. The van der Waals surface area contributed by atoms with E-state index in [0.717, 1.165) is 17.6 Å². The molecule has 1 rings (SSSR count). The fourth-order valence-electron chi connectivity index (χ4n) is 2.25. The quantitative estimate of drug-likeness (QED) is 0.596. The Labute approximate surface area is 113 Å². The predicted molar refractivity (Wildman–Crippen MR) is 80.1 cm³/mol. The van der Waals surface area contributed by atoms with Crippen molar-refractivity contribution in [2.24, 2.45) is 11.3 Å². The van der Waals surface area contributed by atoms with Crippen molar-refractivity contribution in [2.75, 3.05) is 0 Å². The highest BCUT2D eigenvalue weighted by molar-refractivity contribution is 5.40. The van der Waals surface area contributed by atoms with E-state index in [4.69, 9.17) is 0 Å². The first-order valence-electron chi connectivity index (χ1n) is 6.85. The van der Waals surface area contributed by atoms with Crippen LogP contribution < -0.4 is 0 Å². The number of allylic oxidation sites excluding steroid dienone is 6. The van der Waals surface area contributed by atoms with Gasteiger partial charge in [0.05, 0.1) is 6.07 Å². The average molecular weight is 245 g/mol. The van der Waals surface area contributed by atoms with E-state index in [1.807, 2.05) is 13.8 Å². The van der Waals surface area contributed by atoms with Gasteiger partial charge in [0.15, 0.2) is 0 Å². The zero-order valence-electron chi connectivity index (χ0n) is 12.7. The van der Waals surface area contributed by atoms with E-state index in [1.54, 1.807) is 0 Å². The summed E-state index contributed by atoms with van der Waals surface area (Å²) in [5, 5.41) is 9.20. The lowest BCUT2D eigenvalue weighted by molar-refractivity contribution is 0.331. The highest BCUT2D eigenvalue weighted by Gasteiger charge is 2.31. The summed E-state index contributed by atoms with van der Waals surface area (Å²) in [4.78, 5) is 0. The molecule has 1 heteroatoms. The molecule has 1 atom stereocenters. The van der Waals surface area contributed by atoms with Crippen LogP contribution in [0.3, 0.4) is 0 Å². The van der Waals surface area contributed by atoms with Crippen LogP contribution in [0, 0.1) is 22.7 Å². The molecule has 0 heterocycles. The summed E-state index contributed by atoms with van der Waals surface area (Å²) in [7, 11) is 0. The van der Waals surface area contributed by atoms with E-state index in [2.05, 4.69) is 58.1 Å². The largest absolute Gasteiger partial charge is 0.193 e. The zero-order chi connectivity index (χ0) is 14.2. The number of rotatable bonds is 2. The third-order valence-corrected chi connectivity index (χ3v) is 3.13. The van der Waals surface area contributed by atoms with Gasteiger partial charge in [-0.05, 0) is 31.3 Å². The molecule has 18 heavy (non-hydrogen) atoms. The molecule has 0 aromatic heterocycles. The molecule has 1 aliphatic rings. The van der Waals surface area contributed by atoms with Gasteiger partial charge in [-0.15, -0.1) is 0 Å². The fraction of sp³-hybridized carbons (Fsp3) is 0.588. The van der Waals surface area contributed by atoms with Gasteiger partial charge in [0.25, 0.3) is 0 Å². The van der Waals surface area contributed by atoms with Crippen LogP contribution in [0.4, 0.5) is 0 Å². The van der Waals surface area contributed by atoms with E-state index in [1.165, 1.54) is 6.42 Å². The molecular formula is C17H27N. The van der Waals surface area contributed by atoms with E-state index < -0.39 is 0 Å². The smallest absolute Gasteiger partial charge is 0.0953 e. The number of nitriles is 1. The van der Waals surface area contributed by atoms with Crippen molar-refractivity contribution in [1.82, 2.24) is 0 Å². The lowest BCUT2D eigenvalue weighted by Gasteiger charge is -2.33. The van der Waals surface area contributed by atoms with Crippen molar-refractivity contribution in [2.45, 2.75) is 54.4 Å². The van der Waals surface area contributed by atoms with Gasteiger partial charge in [0.2, 0.25) is 0 Å². The number of hydrogen-bond donors (Lipinski definition) is 0. The SMILES string of the molecule is CC=CC(C)(C)C1CC=CC(C)=C1C#N.CCC. The van der Waals surface area contributed by atoms with Crippen LogP contribution >= 0.6 is 0 Å². The van der Waals surface area contributed by atoms with Crippen LogP contribution in [0.2, 0.25) is 0 Å². The Morgan fingerprint density at radius 1 is 1.44 bits per heavy atom. The second-order valence-corrected chi connectivity index (χ2v) is 5.43. The van der Waals surface area contributed by atoms with Crippen molar-refractivity contribution in [3.8, 4) is 6.07 Å². The van der Waals surface area contributed by atoms with Crippen molar-refractivity contribution in [3.05, 3.63) is 35.5 Å². The Morgan fingerprint density at radius 3 is 2.44 bits per heavy atom. The van der Waals surface area contributed by atoms with Gasteiger partial charge in [-0.2, -0.15) is 5.26 Å². The molecule has 1 nitrogen and oxygen atoms in total. The summed E-state index contributed by atoms with van der Waals surface area (Å²) < 4.78 is 0. The molecular weight excluding hydrogens is 218 g/mol. The van der Waals surface area contributed by atoms with E-state index in [0.29, 0.717) is 5.92 Å². The van der Waals surface area contributed by atoms with Gasteiger partial charge in [-0.3, -0.25) is 0 Å². The van der Waals surface area contributed by atoms with Crippen molar-refractivity contribution in [3.63, 3.8) is 0 Å². The van der Waals surface area contributed by atoms with Gasteiger partial charge in [-0.1, -0.05) is 58.4 Å². The first kappa shape index (κ1) is 16.7. The van der Waals surface area contributed by atoms with Gasteiger partial charge < -0.3 is 0 Å². The predicted octanol–water partition coefficient (Wildman–Crippen LogP) is 5.42. The van der Waals surface area contributed by atoms with Crippen molar-refractivity contribution < 1.29 is 0 Å². The van der Waals surface area contributed by atoms with E-state index in [-0.39, 0.29) is 5.41 Å². The number of nitrogens with zero attached hydrogens (tertiary/aromatic N) is 1. The Kier molecular flexibility index (Phi) is 7.36. The van der Waals surface area contributed by atoms with Gasteiger partial charge >= 0.3 is 0 Å². The van der Waals surface area contributed by atoms with Crippen LogP contribution in [0.25, 0.3) is 0 Å². The zero-order valence-corrected chi connectivity index (χ0v) is 12.7. The van der Waals surface area contributed by atoms with Crippen molar-refractivity contribution >= 4 is 0 Å². The summed E-state index contributed by atoms with van der Waals surface area (Å²) in [6.45, 7) is 12.7. The Morgan fingerprint density at radius 2 is 2.00 bits per heavy atom. The summed E-state index contributed by atoms with van der Waals surface area (Å²) in [6, 6.07) is 2.36. The molecule has 0 amide bonds.